The summed E-state index contributed by atoms with van der Waals surface area (Å²) in [5, 5.41) is 6.41. The standard InChI is InChI=1S/C16H24N2O.ClH/c1-16(2,3)13-6-4-12(5-7-13)15(19)18-14-8-10-17-11-9-14;/h4-7,14,17H,8-11H2,1-3H3,(H,18,19);1H. The Morgan fingerprint density at radius 1 is 1.15 bits per heavy atom. The number of hydrogen-bond donors (Lipinski definition) is 2. The lowest BCUT2D eigenvalue weighted by atomic mass is 9.86. The molecule has 1 heterocycles. The third-order valence-electron chi connectivity index (χ3n) is 3.69. The van der Waals surface area contributed by atoms with Crippen LogP contribution in [0.15, 0.2) is 24.3 Å². The van der Waals surface area contributed by atoms with E-state index in [1.807, 2.05) is 12.1 Å². The van der Waals surface area contributed by atoms with E-state index in [0.717, 1.165) is 31.5 Å². The monoisotopic (exact) mass is 296 g/mol. The minimum atomic E-state index is 0. The molecule has 1 aliphatic rings. The number of halogens is 1. The van der Waals surface area contributed by atoms with Gasteiger partial charge in [0.05, 0.1) is 0 Å². The van der Waals surface area contributed by atoms with Crippen molar-refractivity contribution in [3.8, 4) is 0 Å². The fourth-order valence-electron chi connectivity index (χ4n) is 2.36. The maximum Gasteiger partial charge on any atom is 0.251 e. The van der Waals surface area contributed by atoms with Gasteiger partial charge in [0.2, 0.25) is 0 Å². The second-order valence-corrected chi connectivity index (χ2v) is 6.33. The van der Waals surface area contributed by atoms with E-state index in [0.29, 0.717) is 6.04 Å². The fourth-order valence-corrected chi connectivity index (χ4v) is 2.36. The molecule has 112 valence electrons. The van der Waals surface area contributed by atoms with Crippen LogP contribution in [-0.4, -0.2) is 25.0 Å². The largest absolute Gasteiger partial charge is 0.349 e. The molecule has 1 aliphatic heterocycles. The van der Waals surface area contributed by atoms with Crippen LogP contribution < -0.4 is 10.6 Å². The van der Waals surface area contributed by atoms with E-state index in [1.165, 1.54) is 5.56 Å². The van der Waals surface area contributed by atoms with Crippen LogP contribution in [0.1, 0.15) is 49.5 Å². The molecule has 3 nitrogen and oxygen atoms in total. The van der Waals surface area contributed by atoms with Crippen molar-refractivity contribution in [1.82, 2.24) is 10.6 Å². The minimum Gasteiger partial charge on any atom is -0.349 e. The first-order valence-electron chi connectivity index (χ1n) is 7.09. The smallest absolute Gasteiger partial charge is 0.251 e. The first-order chi connectivity index (χ1) is 8.97. The summed E-state index contributed by atoms with van der Waals surface area (Å²) in [4.78, 5) is 12.1. The van der Waals surface area contributed by atoms with Crippen LogP contribution in [0.4, 0.5) is 0 Å². The van der Waals surface area contributed by atoms with Crippen molar-refractivity contribution in [2.45, 2.75) is 45.1 Å². The minimum absolute atomic E-state index is 0. The van der Waals surface area contributed by atoms with E-state index in [-0.39, 0.29) is 23.7 Å². The third kappa shape index (κ3) is 4.50. The molecule has 1 aromatic carbocycles. The molecule has 4 heteroatoms. The Morgan fingerprint density at radius 2 is 1.70 bits per heavy atom. The van der Waals surface area contributed by atoms with Gasteiger partial charge in [-0.15, -0.1) is 12.4 Å². The van der Waals surface area contributed by atoms with Crippen LogP contribution in [0.2, 0.25) is 0 Å². The van der Waals surface area contributed by atoms with Crippen LogP contribution >= 0.6 is 12.4 Å². The summed E-state index contributed by atoms with van der Waals surface area (Å²) >= 11 is 0. The lowest BCUT2D eigenvalue weighted by Crippen LogP contribution is -2.42. The Kier molecular flexibility index (Phi) is 6.03. The average Bonchev–Trinajstić information content (AvgIpc) is 2.39. The number of amides is 1. The van der Waals surface area contributed by atoms with Gasteiger partial charge in [-0.3, -0.25) is 4.79 Å². The Balaban J connectivity index is 0.00000200. The quantitative estimate of drug-likeness (QED) is 0.881. The number of hydrogen-bond acceptors (Lipinski definition) is 2. The number of rotatable bonds is 2. The van der Waals surface area contributed by atoms with E-state index in [2.05, 4.69) is 43.5 Å². The summed E-state index contributed by atoms with van der Waals surface area (Å²) < 4.78 is 0. The Bertz CT molecular complexity index is 431. The molecular formula is C16H25ClN2O. The molecule has 2 N–H and O–H groups in total. The Labute approximate surface area is 127 Å². The van der Waals surface area contributed by atoms with Gasteiger partial charge < -0.3 is 10.6 Å². The van der Waals surface area contributed by atoms with Crippen molar-refractivity contribution >= 4 is 18.3 Å². The van der Waals surface area contributed by atoms with E-state index in [9.17, 15) is 4.79 Å². The van der Waals surface area contributed by atoms with Crippen molar-refractivity contribution in [3.63, 3.8) is 0 Å². The Morgan fingerprint density at radius 3 is 2.20 bits per heavy atom. The number of carbonyl (C=O) groups excluding carboxylic acids is 1. The molecule has 20 heavy (non-hydrogen) atoms. The van der Waals surface area contributed by atoms with Gasteiger partial charge in [-0.2, -0.15) is 0 Å². The molecule has 0 spiro atoms. The number of piperidine rings is 1. The summed E-state index contributed by atoms with van der Waals surface area (Å²) in [6.45, 7) is 8.52. The lowest BCUT2D eigenvalue weighted by Gasteiger charge is -2.24. The van der Waals surface area contributed by atoms with Crippen LogP contribution in [0.25, 0.3) is 0 Å². The summed E-state index contributed by atoms with van der Waals surface area (Å²) in [6.07, 6.45) is 2.04. The van der Waals surface area contributed by atoms with Gasteiger partial charge in [0.15, 0.2) is 0 Å². The topological polar surface area (TPSA) is 41.1 Å². The molecule has 1 saturated heterocycles. The summed E-state index contributed by atoms with van der Waals surface area (Å²) in [7, 11) is 0. The summed E-state index contributed by atoms with van der Waals surface area (Å²) in [5.41, 5.74) is 2.14. The molecule has 0 radical (unpaired) electrons. The van der Waals surface area contributed by atoms with Gasteiger partial charge in [-0.25, -0.2) is 0 Å². The lowest BCUT2D eigenvalue weighted by molar-refractivity contribution is 0.0929. The van der Waals surface area contributed by atoms with Gasteiger partial charge >= 0.3 is 0 Å². The van der Waals surface area contributed by atoms with Gasteiger partial charge in [0.25, 0.3) is 5.91 Å². The molecule has 2 rings (SSSR count). The maximum atomic E-state index is 12.1. The highest BCUT2D eigenvalue weighted by Crippen LogP contribution is 2.22. The van der Waals surface area contributed by atoms with Gasteiger partial charge in [0, 0.05) is 11.6 Å². The maximum absolute atomic E-state index is 12.1. The summed E-state index contributed by atoms with van der Waals surface area (Å²) in [6, 6.07) is 8.28. The van der Waals surface area contributed by atoms with E-state index in [1.54, 1.807) is 0 Å². The molecule has 0 bridgehead atoms. The predicted octanol–water partition coefficient (Wildman–Crippen LogP) is 2.89. The highest BCUT2D eigenvalue weighted by Gasteiger charge is 2.17. The van der Waals surface area contributed by atoms with E-state index < -0.39 is 0 Å². The normalized spacial score (nSPS) is 16.4. The van der Waals surface area contributed by atoms with E-state index >= 15 is 0 Å². The average molecular weight is 297 g/mol. The number of benzene rings is 1. The number of carbonyl (C=O) groups is 1. The van der Waals surface area contributed by atoms with Crippen LogP contribution in [0.5, 0.6) is 0 Å². The molecule has 0 unspecified atom stereocenters. The number of nitrogens with one attached hydrogen (secondary N) is 2. The molecule has 0 aliphatic carbocycles. The first-order valence-corrected chi connectivity index (χ1v) is 7.09. The molecule has 1 aromatic rings. The van der Waals surface area contributed by atoms with Gasteiger partial charge in [0.1, 0.15) is 0 Å². The zero-order valence-electron chi connectivity index (χ0n) is 12.5. The van der Waals surface area contributed by atoms with Crippen molar-refractivity contribution in [3.05, 3.63) is 35.4 Å². The molecule has 1 amide bonds. The second kappa shape index (κ2) is 7.09. The third-order valence-corrected chi connectivity index (χ3v) is 3.69. The van der Waals surface area contributed by atoms with Crippen molar-refractivity contribution in [2.75, 3.05) is 13.1 Å². The predicted molar refractivity (Wildman–Crippen MR) is 85.7 cm³/mol. The molecule has 0 saturated carbocycles. The van der Waals surface area contributed by atoms with Crippen LogP contribution in [-0.2, 0) is 5.41 Å². The zero-order valence-corrected chi connectivity index (χ0v) is 13.3. The van der Waals surface area contributed by atoms with E-state index in [4.69, 9.17) is 0 Å². The fraction of sp³-hybridized carbons (Fsp3) is 0.562. The van der Waals surface area contributed by atoms with Gasteiger partial charge in [-0.1, -0.05) is 32.9 Å². The van der Waals surface area contributed by atoms with Gasteiger partial charge in [-0.05, 0) is 49.0 Å². The second-order valence-electron chi connectivity index (χ2n) is 6.33. The van der Waals surface area contributed by atoms with Crippen LogP contribution in [0, 0.1) is 0 Å². The highest BCUT2D eigenvalue weighted by molar-refractivity contribution is 5.94. The SMILES string of the molecule is CC(C)(C)c1ccc(C(=O)NC2CCNCC2)cc1.Cl. The molecular weight excluding hydrogens is 272 g/mol. The van der Waals surface area contributed by atoms with Crippen molar-refractivity contribution < 1.29 is 4.79 Å². The van der Waals surface area contributed by atoms with Crippen LogP contribution in [0.3, 0.4) is 0 Å². The zero-order chi connectivity index (χ0) is 13.9. The van der Waals surface area contributed by atoms with Crippen molar-refractivity contribution in [2.24, 2.45) is 0 Å². The molecule has 0 aromatic heterocycles. The molecule has 1 fully saturated rings. The Hall–Kier alpha value is -1.06. The first kappa shape index (κ1) is 17.0. The summed E-state index contributed by atoms with van der Waals surface area (Å²) in [5.74, 6) is 0.0485. The highest BCUT2D eigenvalue weighted by atomic mass is 35.5. The molecule has 0 atom stereocenters. The van der Waals surface area contributed by atoms with Crippen molar-refractivity contribution in [1.29, 1.82) is 0 Å².